The molecule has 0 aliphatic carbocycles. The van der Waals surface area contributed by atoms with Crippen LogP contribution in [0.25, 0.3) is 21.5 Å². The largest absolute Gasteiger partial charge is 0.386 e. The molecule has 6 aromatic rings. The molecule has 0 fully saturated rings. The predicted molar refractivity (Wildman–Crippen MR) is 162 cm³/mol. The Morgan fingerprint density at radius 2 is 0.805 bits per heavy atom. The van der Waals surface area contributed by atoms with Gasteiger partial charge in [0.25, 0.3) is 0 Å². The highest BCUT2D eigenvalue weighted by molar-refractivity contribution is 6.15. The van der Waals surface area contributed by atoms with E-state index < -0.39 is 11.9 Å². The fraction of sp³-hybridized carbons (Fsp3) is 0. The van der Waals surface area contributed by atoms with E-state index >= 15 is 0 Å². The maximum atomic E-state index is 13.8. The third kappa shape index (κ3) is 5.48. The van der Waals surface area contributed by atoms with Gasteiger partial charge in [0.1, 0.15) is 0 Å². The van der Waals surface area contributed by atoms with Gasteiger partial charge >= 0.3 is 11.9 Å². The fourth-order valence-corrected chi connectivity index (χ4v) is 4.70. The molecular formula is C38H22O3. The Bertz CT molecular complexity index is 1900. The Kier molecular flexibility index (Phi) is 7.09. The molecule has 3 heteroatoms. The first-order chi connectivity index (χ1) is 20.2. The van der Waals surface area contributed by atoms with E-state index in [1.54, 1.807) is 12.1 Å². The lowest BCUT2D eigenvalue weighted by Crippen LogP contribution is -2.16. The smallest absolute Gasteiger partial charge is 0.347 e. The Morgan fingerprint density at radius 1 is 0.415 bits per heavy atom. The van der Waals surface area contributed by atoms with Crippen molar-refractivity contribution in [1.29, 1.82) is 0 Å². The minimum absolute atomic E-state index is 0.247. The zero-order valence-electron chi connectivity index (χ0n) is 21.9. The van der Waals surface area contributed by atoms with Crippen molar-refractivity contribution in [3.05, 3.63) is 167 Å². The van der Waals surface area contributed by atoms with E-state index in [-0.39, 0.29) is 11.1 Å². The molecule has 0 bridgehead atoms. The summed E-state index contributed by atoms with van der Waals surface area (Å²) in [5.41, 5.74) is 3.08. The van der Waals surface area contributed by atoms with Crippen LogP contribution >= 0.6 is 0 Å². The molecule has 0 aromatic heterocycles. The summed E-state index contributed by atoms with van der Waals surface area (Å²) in [6, 6.07) is 41.4. The van der Waals surface area contributed by atoms with Crippen LogP contribution in [-0.2, 0) is 4.74 Å². The van der Waals surface area contributed by atoms with Crippen molar-refractivity contribution in [2.75, 3.05) is 0 Å². The molecule has 41 heavy (non-hydrogen) atoms. The van der Waals surface area contributed by atoms with Crippen molar-refractivity contribution in [3.63, 3.8) is 0 Å². The zero-order chi connectivity index (χ0) is 28.0. The predicted octanol–water partition coefficient (Wildman–Crippen LogP) is 7.79. The van der Waals surface area contributed by atoms with Crippen molar-refractivity contribution in [3.8, 4) is 23.7 Å². The Morgan fingerprint density at radius 3 is 1.24 bits per heavy atom. The van der Waals surface area contributed by atoms with Gasteiger partial charge in [-0.2, -0.15) is 0 Å². The van der Waals surface area contributed by atoms with Crippen LogP contribution in [0.2, 0.25) is 0 Å². The number of benzene rings is 6. The standard InChI is InChI=1S/C38H22O3/c39-37(35-31(21-19-27-11-3-1-4-12-27)25-23-29-15-7-9-17-33(29)35)41-38(40)36-32(22-20-28-13-5-2-6-14-28)26-24-30-16-8-10-18-34(30)36/h1-18,23-26H. The second kappa shape index (κ2) is 11.5. The Balaban J connectivity index is 1.43. The van der Waals surface area contributed by atoms with E-state index in [1.165, 1.54) is 0 Å². The van der Waals surface area contributed by atoms with Crippen LogP contribution in [0.4, 0.5) is 0 Å². The molecule has 0 atom stereocenters. The number of carbonyl (C=O) groups is 2. The minimum atomic E-state index is -0.765. The molecule has 0 aliphatic heterocycles. The van der Waals surface area contributed by atoms with Gasteiger partial charge in [-0.1, -0.05) is 121 Å². The number of carbonyl (C=O) groups excluding carboxylic acids is 2. The third-order valence-electron chi connectivity index (χ3n) is 6.68. The first kappa shape index (κ1) is 25.4. The molecular weight excluding hydrogens is 504 g/mol. The first-order valence-electron chi connectivity index (χ1n) is 13.1. The molecule has 192 valence electrons. The highest BCUT2D eigenvalue weighted by Crippen LogP contribution is 2.27. The number of ether oxygens (including phenoxy) is 1. The molecule has 3 nitrogen and oxygen atoms in total. The minimum Gasteiger partial charge on any atom is -0.386 e. The lowest BCUT2D eigenvalue weighted by Gasteiger charge is -2.11. The molecule has 0 saturated heterocycles. The molecule has 0 saturated carbocycles. The van der Waals surface area contributed by atoms with Gasteiger partial charge in [0, 0.05) is 22.3 Å². The quantitative estimate of drug-likeness (QED) is 0.131. The molecule has 0 N–H and O–H groups in total. The van der Waals surface area contributed by atoms with Crippen molar-refractivity contribution >= 4 is 33.5 Å². The van der Waals surface area contributed by atoms with E-state index in [0.29, 0.717) is 21.9 Å². The van der Waals surface area contributed by atoms with Crippen molar-refractivity contribution in [1.82, 2.24) is 0 Å². The van der Waals surface area contributed by atoms with Crippen LogP contribution in [-0.4, -0.2) is 11.9 Å². The molecule has 0 aliphatic rings. The van der Waals surface area contributed by atoms with Crippen molar-refractivity contribution in [2.45, 2.75) is 0 Å². The van der Waals surface area contributed by atoms with Gasteiger partial charge in [-0.15, -0.1) is 0 Å². The molecule has 6 aromatic carbocycles. The van der Waals surface area contributed by atoms with Gasteiger partial charge < -0.3 is 4.74 Å². The average molecular weight is 527 g/mol. The van der Waals surface area contributed by atoms with E-state index in [1.807, 2.05) is 121 Å². The number of fused-ring (bicyclic) bond motifs is 2. The van der Waals surface area contributed by atoms with Gasteiger partial charge in [0.15, 0.2) is 0 Å². The average Bonchev–Trinajstić information content (AvgIpc) is 3.03. The first-order valence-corrected chi connectivity index (χ1v) is 13.1. The maximum absolute atomic E-state index is 13.8. The van der Waals surface area contributed by atoms with E-state index in [0.717, 1.165) is 21.9 Å². The van der Waals surface area contributed by atoms with E-state index in [9.17, 15) is 9.59 Å². The number of rotatable bonds is 2. The monoisotopic (exact) mass is 526 g/mol. The summed E-state index contributed by atoms with van der Waals surface area (Å²) in [4.78, 5) is 27.5. The molecule has 0 spiro atoms. The fourth-order valence-electron chi connectivity index (χ4n) is 4.70. The molecule has 0 radical (unpaired) electrons. The molecule has 6 rings (SSSR count). The molecule has 0 amide bonds. The summed E-state index contributed by atoms with van der Waals surface area (Å²) in [5.74, 6) is 10.9. The van der Waals surface area contributed by atoms with E-state index in [2.05, 4.69) is 23.7 Å². The number of esters is 2. The van der Waals surface area contributed by atoms with Crippen LogP contribution < -0.4 is 0 Å². The third-order valence-corrected chi connectivity index (χ3v) is 6.68. The zero-order valence-corrected chi connectivity index (χ0v) is 21.9. The Labute approximate surface area is 238 Å². The SMILES string of the molecule is O=C(OC(=O)c1c(C#Cc2ccccc2)ccc2ccccc12)c1c(C#Cc2ccccc2)ccc2ccccc12. The summed E-state index contributed by atoms with van der Waals surface area (Å²) < 4.78 is 5.61. The van der Waals surface area contributed by atoms with Crippen molar-refractivity contribution in [2.24, 2.45) is 0 Å². The van der Waals surface area contributed by atoms with Crippen LogP contribution in [0.3, 0.4) is 0 Å². The number of hydrogen-bond acceptors (Lipinski definition) is 3. The van der Waals surface area contributed by atoms with Gasteiger partial charge in [0.2, 0.25) is 0 Å². The normalized spacial score (nSPS) is 10.2. The lowest BCUT2D eigenvalue weighted by atomic mass is 9.98. The summed E-state index contributed by atoms with van der Waals surface area (Å²) in [5, 5.41) is 3.01. The van der Waals surface area contributed by atoms with Gasteiger partial charge in [-0.3, -0.25) is 0 Å². The lowest BCUT2D eigenvalue weighted by molar-refractivity contribution is 0.0400. The maximum Gasteiger partial charge on any atom is 0.347 e. The number of hydrogen-bond donors (Lipinski definition) is 0. The highest BCUT2D eigenvalue weighted by atomic mass is 16.6. The van der Waals surface area contributed by atoms with Crippen LogP contribution in [0, 0.1) is 23.7 Å². The summed E-state index contributed by atoms with van der Waals surface area (Å²) >= 11 is 0. The Hall–Kier alpha value is -5.90. The topological polar surface area (TPSA) is 43.4 Å². The highest BCUT2D eigenvalue weighted by Gasteiger charge is 2.23. The van der Waals surface area contributed by atoms with Crippen LogP contribution in [0.15, 0.2) is 133 Å². The summed E-state index contributed by atoms with van der Waals surface area (Å²) in [7, 11) is 0. The van der Waals surface area contributed by atoms with E-state index in [4.69, 9.17) is 4.74 Å². The van der Waals surface area contributed by atoms with Gasteiger partial charge in [-0.25, -0.2) is 9.59 Å². The molecule has 0 unspecified atom stereocenters. The van der Waals surface area contributed by atoms with Crippen LogP contribution in [0.5, 0.6) is 0 Å². The second-order valence-electron chi connectivity index (χ2n) is 9.33. The van der Waals surface area contributed by atoms with Crippen LogP contribution in [0.1, 0.15) is 43.0 Å². The van der Waals surface area contributed by atoms with Gasteiger partial charge in [0.05, 0.1) is 11.1 Å². The van der Waals surface area contributed by atoms with Gasteiger partial charge in [-0.05, 0) is 57.9 Å². The summed E-state index contributed by atoms with van der Waals surface area (Å²) in [6.07, 6.45) is 0. The van der Waals surface area contributed by atoms with Crippen molar-refractivity contribution < 1.29 is 14.3 Å². The second-order valence-corrected chi connectivity index (χ2v) is 9.33. The molecule has 0 heterocycles. The summed E-state index contributed by atoms with van der Waals surface area (Å²) in [6.45, 7) is 0.